The average Bonchev–Trinajstić information content (AvgIpc) is 2.90. The molecule has 3 heterocycles. The highest BCUT2D eigenvalue weighted by Gasteiger charge is 2.19. The molecule has 1 aliphatic rings. The van der Waals surface area contributed by atoms with Gasteiger partial charge in [0.15, 0.2) is 10.9 Å². The first-order chi connectivity index (χ1) is 10.5. The molecule has 0 amide bonds. The van der Waals surface area contributed by atoms with E-state index < -0.39 is 0 Å². The summed E-state index contributed by atoms with van der Waals surface area (Å²) in [4.78, 5) is 10.3. The van der Waals surface area contributed by atoms with Crippen LogP contribution in [0.25, 0.3) is 5.57 Å². The smallest absolute Gasteiger partial charge is 0.189 e. The van der Waals surface area contributed by atoms with Gasteiger partial charge in [-0.05, 0) is 44.1 Å². The van der Waals surface area contributed by atoms with E-state index in [0.29, 0.717) is 12.1 Å². The summed E-state index contributed by atoms with van der Waals surface area (Å²) in [6.07, 6.45) is 4.00. The molecule has 0 radical (unpaired) electrons. The van der Waals surface area contributed by atoms with Crippen molar-refractivity contribution in [1.29, 1.82) is 0 Å². The van der Waals surface area contributed by atoms with E-state index in [-0.39, 0.29) is 17.7 Å². The van der Waals surface area contributed by atoms with Crippen LogP contribution in [0.15, 0.2) is 35.5 Å². The highest BCUT2D eigenvalue weighted by Crippen LogP contribution is 2.31. The maximum Gasteiger partial charge on any atom is 0.189 e. The minimum Gasteiger partial charge on any atom is -0.320 e. The second kappa shape index (κ2) is 5.41. The molecule has 3 rings (SSSR count). The molecule has 0 aliphatic carbocycles. The molecule has 0 aromatic carbocycles. The van der Waals surface area contributed by atoms with Gasteiger partial charge in [-0.3, -0.25) is 4.98 Å². The molecule has 0 spiro atoms. The minimum absolute atomic E-state index is 0.0837. The topological polar surface area (TPSA) is 29.0 Å². The second-order valence-electron chi connectivity index (χ2n) is 5.07. The van der Waals surface area contributed by atoms with Crippen LogP contribution in [0, 0.1) is 19.7 Å². The first-order valence-corrected chi connectivity index (χ1v) is 7.54. The number of thiazole rings is 1. The van der Waals surface area contributed by atoms with Crippen molar-refractivity contribution in [3.05, 3.63) is 58.2 Å². The lowest BCUT2D eigenvalue weighted by atomic mass is 9.98. The van der Waals surface area contributed by atoms with Gasteiger partial charge in [-0.15, -0.1) is 11.3 Å². The summed E-state index contributed by atoms with van der Waals surface area (Å²) in [6.45, 7) is 6.03. The van der Waals surface area contributed by atoms with Gasteiger partial charge < -0.3 is 4.90 Å². The van der Waals surface area contributed by atoms with E-state index in [0.717, 1.165) is 22.0 Å². The molecule has 0 saturated carbocycles. The fourth-order valence-corrected chi connectivity index (χ4v) is 3.06. The van der Waals surface area contributed by atoms with Gasteiger partial charge in [-0.1, -0.05) is 0 Å². The summed E-state index contributed by atoms with van der Waals surface area (Å²) < 4.78 is 22.2. The maximum atomic E-state index is 14.4. The number of anilines is 1. The number of rotatable bonds is 2. The molecule has 0 fully saturated rings. The van der Waals surface area contributed by atoms with Crippen molar-refractivity contribution >= 4 is 22.0 Å². The van der Waals surface area contributed by atoms with E-state index in [2.05, 4.69) is 9.97 Å². The Hall–Kier alpha value is -2.01. The lowest BCUT2D eigenvalue weighted by Gasteiger charge is -2.25. The summed E-state index contributed by atoms with van der Waals surface area (Å²) in [5, 5.41) is 2.88. The number of halogens is 1. The Morgan fingerprint density at radius 1 is 1.38 bits per heavy atom. The van der Waals surface area contributed by atoms with Crippen molar-refractivity contribution in [1.82, 2.24) is 9.97 Å². The molecule has 0 bridgehead atoms. The lowest BCUT2D eigenvalue weighted by Crippen LogP contribution is -2.22. The maximum absolute atomic E-state index is 14.4. The summed E-state index contributed by atoms with van der Waals surface area (Å²) in [5.41, 5.74) is 3.55. The molecule has 21 heavy (non-hydrogen) atoms. The third-order valence-electron chi connectivity index (χ3n) is 3.48. The summed E-state index contributed by atoms with van der Waals surface area (Å²) >= 11 is 1.56. The van der Waals surface area contributed by atoms with Crippen molar-refractivity contribution in [3.63, 3.8) is 0 Å². The number of aryl methyl sites for hydroxylation is 2. The molecule has 0 atom stereocenters. The van der Waals surface area contributed by atoms with E-state index >= 15 is 0 Å². The Morgan fingerprint density at radius 2 is 2.19 bits per heavy atom. The van der Waals surface area contributed by atoms with Crippen molar-refractivity contribution in [2.75, 3.05) is 11.4 Å². The second-order valence-corrected chi connectivity index (χ2v) is 5.91. The minimum atomic E-state index is -0.351. The fourth-order valence-electron chi connectivity index (χ4n) is 2.27. The molecule has 3 nitrogen and oxygen atoms in total. The molecule has 0 saturated heterocycles. The van der Waals surface area contributed by atoms with Crippen LogP contribution in [-0.4, -0.2) is 16.5 Å². The Balaban J connectivity index is 2.01. The third-order valence-corrected chi connectivity index (χ3v) is 4.48. The monoisotopic (exact) mass is 302 g/mol. The molecule has 2 aromatic heterocycles. The molecular formula is C16H16FN3S. The zero-order chi connectivity index (χ0) is 15.9. The molecular weight excluding hydrogens is 285 g/mol. The zero-order valence-electron chi connectivity index (χ0n) is 13.1. The van der Waals surface area contributed by atoms with Gasteiger partial charge in [0, 0.05) is 23.3 Å². The van der Waals surface area contributed by atoms with Crippen LogP contribution in [0.2, 0.25) is 0 Å². The highest BCUT2D eigenvalue weighted by molar-refractivity contribution is 7.13. The highest BCUT2D eigenvalue weighted by atomic mass is 32.1. The van der Waals surface area contributed by atoms with E-state index in [1.54, 1.807) is 18.3 Å². The summed E-state index contributed by atoms with van der Waals surface area (Å²) in [6, 6.07) is 1.49. The standard InChI is InChI=1S/C16H16FN3S/c1-10-5-7-20(16-19-11(2)9-21-16)8-14(10)13-4-6-18-12(3)15(13)17/h4-7,9H,8H2,1-3H3/i6D. The van der Waals surface area contributed by atoms with Crippen LogP contribution < -0.4 is 4.90 Å². The lowest BCUT2D eigenvalue weighted by molar-refractivity contribution is 0.605. The Bertz CT molecular complexity index is 795. The third kappa shape index (κ3) is 2.61. The number of aromatic nitrogens is 2. The van der Waals surface area contributed by atoms with E-state index in [9.17, 15) is 4.39 Å². The zero-order valence-corrected chi connectivity index (χ0v) is 13.0. The first-order valence-electron chi connectivity index (χ1n) is 7.16. The van der Waals surface area contributed by atoms with Gasteiger partial charge in [-0.2, -0.15) is 0 Å². The van der Waals surface area contributed by atoms with Crippen molar-refractivity contribution in [2.24, 2.45) is 0 Å². The van der Waals surface area contributed by atoms with Gasteiger partial charge in [0.25, 0.3) is 0 Å². The van der Waals surface area contributed by atoms with E-state index in [4.69, 9.17) is 1.37 Å². The van der Waals surface area contributed by atoms with Crippen LogP contribution in [-0.2, 0) is 0 Å². The largest absolute Gasteiger partial charge is 0.320 e. The van der Waals surface area contributed by atoms with Crippen LogP contribution in [0.5, 0.6) is 0 Å². The average molecular weight is 302 g/mol. The van der Waals surface area contributed by atoms with Crippen LogP contribution in [0.4, 0.5) is 9.52 Å². The number of allylic oxidation sites excluding steroid dienone is 2. The SMILES string of the molecule is [2H]c1cc(C2=C(C)C=CN(c3nc(C)cs3)C2)c(F)c(C)n1. The Morgan fingerprint density at radius 3 is 2.90 bits per heavy atom. The van der Waals surface area contributed by atoms with Gasteiger partial charge in [-0.25, -0.2) is 9.37 Å². The van der Waals surface area contributed by atoms with Gasteiger partial charge in [0.2, 0.25) is 0 Å². The predicted molar refractivity (Wildman–Crippen MR) is 84.9 cm³/mol. The van der Waals surface area contributed by atoms with Crippen LogP contribution in [0.3, 0.4) is 0 Å². The summed E-state index contributed by atoms with van der Waals surface area (Å²) in [5.74, 6) is -0.351. The molecule has 5 heteroatoms. The molecule has 0 unspecified atom stereocenters. The Kier molecular flexibility index (Phi) is 3.27. The number of pyridine rings is 1. The van der Waals surface area contributed by atoms with Crippen LogP contribution in [0.1, 0.15) is 25.2 Å². The normalized spacial score (nSPS) is 15.6. The number of hydrogen-bond acceptors (Lipinski definition) is 4. The molecule has 2 aromatic rings. The fraction of sp³-hybridized carbons (Fsp3) is 0.250. The van der Waals surface area contributed by atoms with Crippen molar-refractivity contribution in [2.45, 2.75) is 20.8 Å². The van der Waals surface area contributed by atoms with E-state index in [1.165, 1.54) is 6.07 Å². The van der Waals surface area contributed by atoms with Crippen LogP contribution >= 0.6 is 11.3 Å². The predicted octanol–water partition coefficient (Wildman–Crippen LogP) is 4.10. The Labute approximate surface area is 128 Å². The molecule has 1 aliphatic heterocycles. The van der Waals surface area contributed by atoms with Crippen molar-refractivity contribution in [3.8, 4) is 0 Å². The molecule has 108 valence electrons. The summed E-state index contributed by atoms with van der Waals surface area (Å²) in [7, 11) is 0. The quantitative estimate of drug-likeness (QED) is 0.836. The van der Waals surface area contributed by atoms with Crippen molar-refractivity contribution < 1.29 is 5.76 Å². The molecule has 0 N–H and O–H groups in total. The van der Waals surface area contributed by atoms with Gasteiger partial charge >= 0.3 is 0 Å². The van der Waals surface area contributed by atoms with E-state index in [1.807, 2.05) is 36.4 Å². The van der Waals surface area contributed by atoms with Gasteiger partial charge in [0.05, 0.1) is 19.3 Å². The number of nitrogens with zero attached hydrogens (tertiary/aromatic N) is 3. The number of hydrogen-bond donors (Lipinski definition) is 0. The van der Waals surface area contributed by atoms with Gasteiger partial charge in [0.1, 0.15) is 0 Å². The first kappa shape index (κ1) is 12.7.